The third kappa shape index (κ3) is 1.73. The molecule has 2 heteroatoms. The van der Waals surface area contributed by atoms with Crippen molar-refractivity contribution in [3.8, 4) is 11.1 Å². The lowest BCUT2D eigenvalue weighted by Crippen LogP contribution is -2.41. The Bertz CT molecular complexity index is 623. The van der Waals surface area contributed by atoms with Gasteiger partial charge in [0.25, 0.3) is 0 Å². The smallest absolute Gasteiger partial charge is 0.0799 e. The maximum absolute atomic E-state index is 6.47. The first-order valence-corrected chi connectivity index (χ1v) is 10.3. The van der Waals surface area contributed by atoms with Crippen LogP contribution in [0.4, 0.5) is 0 Å². The summed E-state index contributed by atoms with van der Waals surface area (Å²) < 4.78 is 0. The molecular formula is C16H17ClSi. The van der Waals surface area contributed by atoms with Crippen LogP contribution < -0.4 is 5.19 Å². The molecule has 3 rings (SSSR count). The lowest BCUT2D eigenvalue weighted by atomic mass is 10.1. The summed E-state index contributed by atoms with van der Waals surface area (Å²) in [5.41, 5.74) is 5.70. The third-order valence-electron chi connectivity index (χ3n) is 3.69. The van der Waals surface area contributed by atoms with Crippen molar-refractivity contribution in [3.63, 3.8) is 0 Å². The minimum atomic E-state index is -1.41. The summed E-state index contributed by atoms with van der Waals surface area (Å²) in [6, 6.07) is 13.0. The van der Waals surface area contributed by atoms with Crippen LogP contribution in [-0.4, -0.2) is 8.07 Å². The molecule has 0 unspecified atom stereocenters. The highest BCUT2D eigenvalue weighted by molar-refractivity contribution is 6.90. The quantitative estimate of drug-likeness (QED) is 0.574. The maximum atomic E-state index is 6.47. The average molecular weight is 273 g/mol. The molecule has 0 saturated carbocycles. The van der Waals surface area contributed by atoms with E-state index in [1.165, 1.54) is 27.4 Å². The molecule has 0 atom stereocenters. The maximum Gasteiger partial charge on any atom is 0.0799 e. The second-order valence-electron chi connectivity index (χ2n) is 6.03. The molecular weight excluding hydrogens is 256 g/mol. The van der Waals surface area contributed by atoms with E-state index >= 15 is 0 Å². The van der Waals surface area contributed by atoms with Crippen molar-refractivity contribution in [2.45, 2.75) is 26.1 Å². The van der Waals surface area contributed by atoms with E-state index in [-0.39, 0.29) is 0 Å². The molecule has 0 aliphatic heterocycles. The van der Waals surface area contributed by atoms with Crippen molar-refractivity contribution < 1.29 is 0 Å². The summed E-state index contributed by atoms with van der Waals surface area (Å²) in [5, 5.41) is 2.40. The van der Waals surface area contributed by atoms with Crippen LogP contribution in [0.5, 0.6) is 0 Å². The molecule has 2 aromatic carbocycles. The standard InChI is InChI=1S/C16H17ClSi/c1-18(2,3)16-14-10-11-6-4-5-7-12(11)13(14)8-9-15(16)17/h4-9H,10H2,1-3H3. The van der Waals surface area contributed by atoms with Crippen LogP contribution in [0.1, 0.15) is 11.1 Å². The Morgan fingerprint density at radius 1 is 0.944 bits per heavy atom. The normalized spacial score (nSPS) is 13.3. The SMILES string of the molecule is C[Si](C)(C)c1c(Cl)ccc2c1Cc1ccccc1-2. The Labute approximate surface area is 115 Å². The van der Waals surface area contributed by atoms with E-state index in [0.29, 0.717) is 0 Å². The Morgan fingerprint density at radius 3 is 2.39 bits per heavy atom. The fourth-order valence-electron chi connectivity index (χ4n) is 2.99. The van der Waals surface area contributed by atoms with Crippen molar-refractivity contribution in [1.82, 2.24) is 0 Å². The summed E-state index contributed by atoms with van der Waals surface area (Å²) >= 11 is 6.47. The third-order valence-corrected chi connectivity index (χ3v) is 6.23. The van der Waals surface area contributed by atoms with E-state index in [1.54, 1.807) is 0 Å². The fourth-order valence-corrected chi connectivity index (χ4v) is 5.95. The van der Waals surface area contributed by atoms with Crippen LogP contribution >= 0.6 is 11.6 Å². The van der Waals surface area contributed by atoms with Gasteiger partial charge in [0, 0.05) is 5.02 Å². The lowest BCUT2D eigenvalue weighted by Gasteiger charge is -2.22. The van der Waals surface area contributed by atoms with Gasteiger partial charge in [-0.05, 0) is 39.9 Å². The van der Waals surface area contributed by atoms with Gasteiger partial charge in [-0.1, -0.05) is 61.6 Å². The van der Waals surface area contributed by atoms with E-state index < -0.39 is 8.07 Å². The minimum Gasteiger partial charge on any atom is -0.0845 e. The van der Waals surface area contributed by atoms with Crippen molar-refractivity contribution in [1.29, 1.82) is 0 Å². The zero-order chi connectivity index (χ0) is 12.9. The Hall–Kier alpha value is -1.05. The van der Waals surface area contributed by atoms with Gasteiger partial charge in [-0.25, -0.2) is 0 Å². The highest BCUT2D eigenvalue weighted by atomic mass is 35.5. The van der Waals surface area contributed by atoms with Gasteiger partial charge in [0.2, 0.25) is 0 Å². The molecule has 0 radical (unpaired) electrons. The van der Waals surface area contributed by atoms with Gasteiger partial charge in [0.05, 0.1) is 8.07 Å². The largest absolute Gasteiger partial charge is 0.0845 e. The Kier molecular flexibility index (Phi) is 2.65. The lowest BCUT2D eigenvalue weighted by molar-refractivity contribution is 1.27. The van der Waals surface area contributed by atoms with Gasteiger partial charge in [-0.3, -0.25) is 0 Å². The van der Waals surface area contributed by atoms with E-state index in [1.807, 2.05) is 0 Å². The van der Waals surface area contributed by atoms with Gasteiger partial charge < -0.3 is 0 Å². The number of hydrogen-bond donors (Lipinski definition) is 0. The molecule has 1 aliphatic carbocycles. The average Bonchev–Trinajstić information content (AvgIpc) is 2.64. The highest BCUT2D eigenvalue weighted by Gasteiger charge is 2.29. The summed E-state index contributed by atoms with van der Waals surface area (Å²) in [6.45, 7) is 7.12. The van der Waals surface area contributed by atoms with Crippen molar-refractivity contribution in [2.24, 2.45) is 0 Å². The van der Waals surface area contributed by atoms with E-state index in [9.17, 15) is 0 Å². The summed E-state index contributed by atoms with van der Waals surface area (Å²) in [5.74, 6) is 0. The zero-order valence-corrected chi connectivity index (χ0v) is 12.8. The summed E-state index contributed by atoms with van der Waals surface area (Å²) in [6.07, 6.45) is 1.05. The fraction of sp³-hybridized carbons (Fsp3) is 0.250. The predicted molar refractivity (Wildman–Crippen MR) is 82.7 cm³/mol. The van der Waals surface area contributed by atoms with Crippen molar-refractivity contribution >= 4 is 24.9 Å². The van der Waals surface area contributed by atoms with Crippen molar-refractivity contribution in [2.75, 3.05) is 0 Å². The summed E-state index contributed by atoms with van der Waals surface area (Å²) in [7, 11) is -1.41. The molecule has 0 fully saturated rings. The van der Waals surface area contributed by atoms with Gasteiger partial charge in [-0.2, -0.15) is 0 Å². The number of hydrogen-bond acceptors (Lipinski definition) is 0. The van der Waals surface area contributed by atoms with E-state index in [4.69, 9.17) is 11.6 Å². The van der Waals surface area contributed by atoms with Gasteiger partial charge in [-0.15, -0.1) is 0 Å². The molecule has 92 valence electrons. The van der Waals surface area contributed by atoms with Crippen LogP contribution in [0.15, 0.2) is 36.4 Å². The zero-order valence-electron chi connectivity index (χ0n) is 11.0. The topological polar surface area (TPSA) is 0 Å². The van der Waals surface area contributed by atoms with Crippen LogP contribution in [-0.2, 0) is 6.42 Å². The van der Waals surface area contributed by atoms with Crippen molar-refractivity contribution in [3.05, 3.63) is 52.5 Å². The van der Waals surface area contributed by atoms with E-state index in [0.717, 1.165) is 11.4 Å². The number of halogens is 1. The first kappa shape index (κ1) is 12.0. The molecule has 0 amide bonds. The van der Waals surface area contributed by atoms with Gasteiger partial charge in [0.1, 0.15) is 0 Å². The summed E-state index contributed by atoms with van der Waals surface area (Å²) in [4.78, 5) is 0. The highest BCUT2D eigenvalue weighted by Crippen LogP contribution is 2.37. The number of benzene rings is 2. The predicted octanol–water partition coefficient (Wildman–Crippen LogP) is 4.46. The Morgan fingerprint density at radius 2 is 1.67 bits per heavy atom. The molecule has 0 bridgehead atoms. The van der Waals surface area contributed by atoms with Crippen LogP contribution in [0.3, 0.4) is 0 Å². The van der Waals surface area contributed by atoms with Gasteiger partial charge in [0.15, 0.2) is 0 Å². The molecule has 2 aromatic rings. The molecule has 0 saturated heterocycles. The molecule has 0 heterocycles. The molecule has 0 aromatic heterocycles. The van der Waals surface area contributed by atoms with Crippen LogP contribution in [0, 0.1) is 0 Å². The molecule has 18 heavy (non-hydrogen) atoms. The minimum absolute atomic E-state index is 0.959. The monoisotopic (exact) mass is 272 g/mol. The molecule has 0 nitrogen and oxygen atoms in total. The molecule has 1 aliphatic rings. The second-order valence-corrected chi connectivity index (χ2v) is 11.4. The van der Waals surface area contributed by atoms with E-state index in [2.05, 4.69) is 56.0 Å². The van der Waals surface area contributed by atoms with Crippen LogP contribution in [0.2, 0.25) is 24.7 Å². The van der Waals surface area contributed by atoms with Gasteiger partial charge >= 0.3 is 0 Å². The Balaban J connectivity index is 2.29. The number of fused-ring (bicyclic) bond motifs is 3. The molecule has 0 N–H and O–H groups in total. The second kappa shape index (κ2) is 3.97. The van der Waals surface area contributed by atoms with Crippen LogP contribution in [0.25, 0.3) is 11.1 Å². The first-order valence-electron chi connectivity index (χ1n) is 6.38. The number of rotatable bonds is 1. The first-order chi connectivity index (χ1) is 8.48. The molecule has 0 spiro atoms.